The van der Waals surface area contributed by atoms with Crippen LogP contribution in [0, 0.1) is 0 Å². The normalized spacial score (nSPS) is 8.57. The number of carboxylic acids is 6. The summed E-state index contributed by atoms with van der Waals surface area (Å²) >= 11 is 0. The van der Waals surface area contributed by atoms with E-state index in [9.17, 15) is 58.5 Å². The molecule has 0 spiro atoms. The quantitative estimate of drug-likeness (QED) is 0.0682. The van der Waals surface area contributed by atoms with E-state index in [1.165, 1.54) is 0 Å². The van der Waals surface area contributed by atoms with Crippen molar-refractivity contribution in [3.8, 4) is 0 Å². The number of carboxylic acid groups (broad SMARTS) is 6. The second kappa shape index (κ2) is 37.2. The molecule has 0 saturated carbocycles. The van der Waals surface area contributed by atoms with E-state index < -0.39 is 112 Å². The summed E-state index contributed by atoms with van der Waals surface area (Å²) in [5.74, 6) is -10.9. The molecular weight excluding hydrogens is 669 g/mol. The summed E-state index contributed by atoms with van der Waals surface area (Å²) in [4.78, 5) is 114. The standard InChI is InChI=1S/3C6H8O7.3K/c3*7-4(8)1-2-6(11)13-12-3-5(9)10;;;/h3*1-3H2,(H,7,8)(H,9,10);;;/q;;;3*+1/p-3. The molecule has 0 aliphatic carbocycles. The van der Waals surface area contributed by atoms with Crippen molar-refractivity contribution in [3.63, 3.8) is 0 Å². The largest absolute Gasteiger partial charge is 1.00 e. The van der Waals surface area contributed by atoms with E-state index in [0.29, 0.717) is 0 Å². The Balaban J connectivity index is -0.000000112. The van der Waals surface area contributed by atoms with Crippen LogP contribution in [0.1, 0.15) is 38.5 Å². The zero-order valence-corrected chi connectivity index (χ0v) is 31.9. The van der Waals surface area contributed by atoms with Gasteiger partial charge in [-0.1, -0.05) is 0 Å². The summed E-state index contributed by atoms with van der Waals surface area (Å²) in [7, 11) is 0. The molecule has 0 fully saturated rings. The molecule has 0 saturated heterocycles. The van der Waals surface area contributed by atoms with Crippen molar-refractivity contribution in [1.82, 2.24) is 0 Å². The van der Waals surface area contributed by atoms with Gasteiger partial charge in [-0.2, -0.15) is 14.7 Å². The molecule has 222 valence electrons. The van der Waals surface area contributed by atoms with Gasteiger partial charge >= 0.3 is 190 Å². The van der Waals surface area contributed by atoms with Gasteiger partial charge in [-0.25, -0.2) is 28.8 Å². The van der Waals surface area contributed by atoms with E-state index in [1.54, 1.807) is 0 Å². The smallest absolute Gasteiger partial charge is 0.550 e. The van der Waals surface area contributed by atoms with Crippen LogP contribution in [0.2, 0.25) is 0 Å². The van der Waals surface area contributed by atoms with Gasteiger partial charge in [0, 0.05) is 17.9 Å². The zero-order valence-electron chi connectivity index (χ0n) is 22.6. The van der Waals surface area contributed by atoms with Crippen molar-refractivity contribution in [2.45, 2.75) is 38.5 Å². The van der Waals surface area contributed by atoms with Gasteiger partial charge in [0.05, 0.1) is 19.3 Å². The number of hydrogen-bond donors (Lipinski definition) is 3. The van der Waals surface area contributed by atoms with Crippen molar-refractivity contribution >= 4 is 53.7 Å². The fourth-order valence-electron chi connectivity index (χ4n) is 1.17. The average molecular weight is 691 g/mol. The van der Waals surface area contributed by atoms with Crippen LogP contribution in [0.5, 0.6) is 0 Å². The van der Waals surface area contributed by atoms with E-state index in [-0.39, 0.29) is 154 Å². The molecular formula is C18H21K3O21. The van der Waals surface area contributed by atoms with Crippen molar-refractivity contribution in [3.05, 3.63) is 0 Å². The summed E-state index contributed by atoms with van der Waals surface area (Å²) in [6, 6.07) is 0. The van der Waals surface area contributed by atoms with Gasteiger partial charge < -0.3 is 45.0 Å². The number of aliphatic carboxylic acids is 6. The predicted octanol–water partition coefficient (Wildman–Crippen LogP) is -14.8. The maximum Gasteiger partial charge on any atom is 1.00 e. The summed E-state index contributed by atoms with van der Waals surface area (Å²) in [6.07, 6.45) is -2.72. The third kappa shape index (κ3) is 55.9. The molecule has 0 amide bonds. The third-order valence-electron chi connectivity index (χ3n) is 2.60. The van der Waals surface area contributed by atoms with Gasteiger partial charge in [-0.05, 0) is 19.3 Å². The molecule has 3 N–H and O–H groups in total. The molecule has 0 aliphatic rings. The molecule has 21 nitrogen and oxygen atoms in total. The maximum absolute atomic E-state index is 10.5. The third-order valence-corrected chi connectivity index (χ3v) is 2.60. The minimum absolute atomic E-state index is 0. The Bertz CT molecular complexity index is 752. The first-order chi connectivity index (χ1) is 18.1. The first-order valence-electron chi connectivity index (χ1n) is 9.78. The van der Waals surface area contributed by atoms with Gasteiger partial charge in [0.1, 0.15) is 0 Å². The molecule has 0 radical (unpaired) electrons. The SMILES string of the molecule is O=C([O-])CCC(=O)OOCC(=O)O.O=C([O-])CCC(=O)OOCC(=O)O.O=C([O-])CCC(=O)OOCC(=O)O.[K+].[K+].[K+]. The minimum Gasteiger partial charge on any atom is -0.550 e. The molecule has 24 heteroatoms. The van der Waals surface area contributed by atoms with Gasteiger partial charge in [-0.15, -0.1) is 0 Å². The van der Waals surface area contributed by atoms with Gasteiger partial charge in [0.2, 0.25) is 0 Å². The van der Waals surface area contributed by atoms with E-state index in [2.05, 4.69) is 29.3 Å². The maximum atomic E-state index is 10.5. The Kier molecular flexibility index (Phi) is 48.3. The molecule has 0 rings (SSSR count). The average Bonchev–Trinajstić information content (AvgIpc) is 2.80. The summed E-state index contributed by atoms with van der Waals surface area (Å²) in [6.45, 7) is -2.34. The molecule has 0 aromatic heterocycles. The van der Waals surface area contributed by atoms with Crippen LogP contribution in [0.4, 0.5) is 0 Å². The van der Waals surface area contributed by atoms with E-state index in [1.807, 2.05) is 0 Å². The fraction of sp³-hybridized carbons (Fsp3) is 0.500. The van der Waals surface area contributed by atoms with Crippen LogP contribution in [0.25, 0.3) is 0 Å². The minimum atomic E-state index is -1.39. The van der Waals surface area contributed by atoms with Crippen LogP contribution in [-0.4, -0.2) is 88.9 Å². The zero-order chi connectivity index (χ0) is 30.8. The van der Waals surface area contributed by atoms with Crippen LogP contribution in [0.3, 0.4) is 0 Å². The number of hydrogen-bond acceptors (Lipinski definition) is 18. The summed E-state index contributed by atoms with van der Waals surface area (Å²) in [5.41, 5.74) is 0. The van der Waals surface area contributed by atoms with Crippen LogP contribution in [-0.2, 0) is 72.5 Å². The van der Waals surface area contributed by atoms with Crippen molar-refractivity contribution in [1.29, 1.82) is 0 Å². The Morgan fingerprint density at radius 1 is 0.405 bits per heavy atom. The first-order valence-corrected chi connectivity index (χ1v) is 9.78. The fourth-order valence-corrected chi connectivity index (χ4v) is 1.17. The number of carbonyl (C=O) groups is 9. The molecule has 42 heavy (non-hydrogen) atoms. The van der Waals surface area contributed by atoms with E-state index in [0.717, 1.165) is 0 Å². The number of rotatable bonds is 18. The van der Waals surface area contributed by atoms with Crippen LogP contribution in [0.15, 0.2) is 0 Å². The Morgan fingerprint density at radius 2 is 0.595 bits per heavy atom. The Labute approximate surface area is 362 Å². The number of carbonyl (C=O) groups excluding carboxylic acids is 6. The van der Waals surface area contributed by atoms with Gasteiger partial charge in [0.15, 0.2) is 19.8 Å². The topological polar surface area (TPSA) is 339 Å². The van der Waals surface area contributed by atoms with E-state index in [4.69, 9.17) is 15.3 Å². The van der Waals surface area contributed by atoms with Crippen molar-refractivity contribution < 1.29 is 257 Å². The van der Waals surface area contributed by atoms with Gasteiger partial charge in [-0.3, -0.25) is 14.7 Å². The van der Waals surface area contributed by atoms with Crippen molar-refractivity contribution in [2.75, 3.05) is 19.8 Å². The Hall–Kier alpha value is 0.0191. The summed E-state index contributed by atoms with van der Waals surface area (Å²) in [5, 5.41) is 53.6. The monoisotopic (exact) mass is 690 g/mol. The van der Waals surface area contributed by atoms with Crippen molar-refractivity contribution in [2.24, 2.45) is 0 Å². The molecule has 0 unspecified atom stereocenters. The Morgan fingerprint density at radius 3 is 0.738 bits per heavy atom. The first kappa shape index (κ1) is 54.5. The van der Waals surface area contributed by atoms with E-state index >= 15 is 0 Å². The van der Waals surface area contributed by atoms with Crippen LogP contribution < -0.4 is 169 Å². The molecule has 0 atom stereocenters. The molecule has 0 heterocycles. The molecule has 0 aromatic carbocycles. The molecule has 0 aromatic rings. The second-order valence-electron chi connectivity index (χ2n) is 5.95. The van der Waals surface area contributed by atoms with Crippen LogP contribution >= 0.6 is 0 Å². The molecule has 0 bridgehead atoms. The van der Waals surface area contributed by atoms with Gasteiger partial charge in [0.25, 0.3) is 0 Å². The molecule has 0 aliphatic heterocycles. The second-order valence-corrected chi connectivity index (χ2v) is 5.95. The summed E-state index contributed by atoms with van der Waals surface area (Å²) < 4.78 is 0. The predicted molar refractivity (Wildman–Crippen MR) is 102 cm³/mol.